The van der Waals surface area contributed by atoms with Gasteiger partial charge in [0.2, 0.25) is 0 Å². The first-order valence-corrected chi connectivity index (χ1v) is 6.18. The zero-order valence-corrected chi connectivity index (χ0v) is 10.9. The maximum atomic E-state index is 11.6. The van der Waals surface area contributed by atoms with E-state index in [0.717, 1.165) is 0 Å². The first-order valence-electron chi connectivity index (χ1n) is 6.18. The lowest BCUT2D eigenvalue weighted by Gasteiger charge is -2.39. The molecule has 1 N–H and O–H groups in total. The van der Waals surface area contributed by atoms with E-state index in [2.05, 4.69) is 0 Å². The van der Waals surface area contributed by atoms with Crippen LogP contribution in [0.4, 0.5) is 0 Å². The molecule has 5 heteroatoms. The van der Waals surface area contributed by atoms with Gasteiger partial charge < -0.3 is 14.6 Å². The fraction of sp³-hybridized carbons (Fsp3) is 0.917. The van der Waals surface area contributed by atoms with E-state index in [1.807, 2.05) is 18.7 Å². The van der Waals surface area contributed by atoms with Gasteiger partial charge in [-0.25, -0.2) is 0 Å². The Morgan fingerprint density at radius 3 is 2.71 bits per heavy atom. The molecule has 100 valence electrons. The standard InChI is InChI=1S/C12H23NO4/c1-4-12(15,5-2)9-13-6-7-17-8-10(13)11(14)16-3/h10,15H,4-9H2,1-3H3. The van der Waals surface area contributed by atoms with Crippen molar-refractivity contribution in [3.05, 3.63) is 0 Å². The van der Waals surface area contributed by atoms with Gasteiger partial charge in [-0.15, -0.1) is 0 Å². The largest absolute Gasteiger partial charge is 0.468 e. The van der Waals surface area contributed by atoms with Crippen molar-refractivity contribution >= 4 is 5.97 Å². The van der Waals surface area contributed by atoms with Crippen LogP contribution in [0.2, 0.25) is 0 Å². The molecule has 1 aliphatic rings. The third-order valence-corrected chi connectivity index (χ3v) is 3.53. The molecule has 1 fully saturated rings. The highest BCUT2D eigenvalue weighted by atomic mass is 16.5. The predicted molar refractivity (Wildman–Crippen MR) is 63.7 cm³/mol. The Morgan fingerprint density at radius 1 is 1.53 bits per heavy atom. The maximum Gasteiger partial charge on any atom is 0.325 e. The average molecular weight is 245 g/mol. The Labute approximate surface area is 103 Å². The second kappa shape index (κ2) is 6.33. The van der Waals surface area contributed by atoms with E-state index in [1.165, 1.54) is 7.11 Å². The molecule has 0 spiro atoms. The van der Waals surface area contributed by atoms with Crippen LogP contribution in [-0.2, 0) is 14.3 Å². The van der Waals surface area contributed by atoms with E-state index in [1.54, 1.807) is 0 Å². The Hall–Kier alpha value is -0.650. The van der Waals surface area contributed by atoms with Crippen LogP contribution in [-0.4, -0.2) is 61.0 Å². The van der Waals surface area contributed by atoms with Crippen molar-refractivity contribution in [1.29, 1.82) is 0 Å². The van der Waals surface area contributed by atoms with Gasteiger partial charge in [0.15, 0.2) is 0 Å². The van der Waals surface area contributed by atoms with Gasteiger partial charge in [-0.1, -0.05) is 13.8 Å². The van der Waals surface area contributed by atoms with Crippen LogP contribution in [0.3, 0.4) is 0 Å². The van der Waals surface area contributed by atoms with Crippen LogP contribution in [0.5, 0.6) is 0 Å². The Balaban J connectivity index is 2.68. The first-order chi connectivity index (χ1) is 8.06. The number of ether oxygens (including phenoxy) is 2. The van der Waals surface area contributed by atoms with Gasteiger partial charge in [-0.3, -0.25) is 9.69 Å². The molecule has 0 radical (unpaired) electrons. The molecule has 1 aliphatic heterocycles. The van der Waals surface area contributed by atoms with Crippen LogP contribution in [0.1, 0.15) is 26.7 Å². The number of methoxy groups -OCH3 is 1. The summed E-state index contributed by atoms with van der Waals surface area (Å²) < 4.78 is 10.1. The number of aliphatic hydroxyl groups is 1. The fourth-order valence-corrected chi connectivity index (χ4v) is 2.03. The monoisotopic (exact) mass is 245 g/mol. The summed E-state index contributed by atoms with van der Waals surface area (Å²) in [4.78, 5) is 13.6. The quantitative estimate of drug-likeness (QED) is 0.711. The van der Waals surface area contributed by atoms with Crippen LogP contribution < -0.4 is 0 Å². The molecule has 0 amide bonds. The van der Waals surface area contributed by atoms with Crippen LogP contribution in [0.15, 0.2) is 0 Å². The van der Waals surface area contributed by atoms with Gasteiger partial charge in [0, 0.05) is 13.1 Å². The topological polar surface area (TPSA) is 59.0 Å². The SMILES string of the molecule is CCC(O)(CC)CN1CCOCC1C(=O)OC. The molecule has 1 saturated heterocycles. The van der Waals surface area contributed by atoms with Crippen molar-refractivity contribution in [2.24, 2.45) is 0 Å². The maximum absolute atomic E-state index is 11.6. The number of hydrogen-bond donors (Lipinski definition) is 1. The Morgan fingerprint density at radius 2 is 2.18 bits per heavy atom. The van der Waals surface area contributed by atoms with Crippen LogP contribution in [0, 0.1) is 0 Å². The number of morpholine rings is 1. The summed E-state index contributed by atoms with van der Waals surface area (Å²) in [5, 5.41) is 10.3. The minimum absolute atomic E-state index is 0.292. The number of carbonyl (C=O) groups is 1. The highest BCUT2D eigenvalue weighted by Crippen LogP contribution is 2.19. The molecule has 0 aromatic rings. The van der Waals surface area contributed by atoms with Gasteiger partial charge in [0.05, 0.1) is 25.9 Å². The summed E-state index contributed by atoms with van der Waals surface area (Å²) in [6.07, 6.45) is 1.35. The summed E-state index contributed by atoms with van der Waals surface area (Å²) in [6, 6.07) is -0.390. The summed E-state index contributed by atoms with van der Waals surface area (Å²) in [5.41, 5.74) is -0.733. The molecule has 1 rings (SSSR count). The van der Waals surface area contributed by atoms with Crippen molar-refractivity contribution in [1.82, 2.24) is 4.90 Å². The highest BCUT2D eigenvalue weighted by molar-refractivity contribution is 5.75. The molecule has 0 aromatic carbocycles. The second-order valence-corrected chi connectivity index (χ2v) is 4.52. The summed E-state index contributed by atoms with van der Waals surface area (Å²) in [5.74, 6) is -0.292. The highest BCUT2D eigenvalue weighted by Gasteiger charge is 2.35. The number of hydrogen-bond acceptors (Lipinski definition) is 5. The van der Waals surface area contributed by atoms with Crippen LogP contribution >= 0.6 is 0 Å². The zero-order valence-electron chi connectivity index (χ0n) is 10.9. The van der Waals surface area contributed by atoms with E-state index in [-0.39, 0.29) is 5.97 Å². The minimum atomic E-state index is -0.733. The molecule has 0 bridgehead atoms. The molecular formula is C12H23NO4. The lowest BCUT2D eigenvalue weighted by atomic mass is 9.96. The average Bonchev–Trinajstić information content (AvgIpc) is 2.38. The van der Waals surface area contributed by atoms with Gasteiger partial charge in [0.25, 0.3) is 0 Å². The Kier molecular flexibility index (Phi) is 5.36. The van der Waals surface area contributed by atoms with Gasteiger partial charge in [-0.2, -0.15) is 0 Å². The molecule has 1 atom stereocenters. The normalized spacial score (nSPS) is 22.5. The third kappa shape index (κ3) is 3.66. The van der Waals surface area contributed by atoms with Gasteiger partial charge in [0.1, 0.15) is 6.04 Å². The molecule has 5 nitrogen and oxygen atoms in total. The lowest BCUT2D eigenvalue weighted by Crippen LogP contribution is -2.55. The number of esters is 1. The van der Waals surface area contributed by atoms with E-state index in [0.29, 0.717) is 39.1 Å². The second-order valence-electron chi connectivity index (χ2n) is 4.52. The molecule has 1 heterocycles. The van der Waals surface area contributed by atoms with Crippen molar-refractivity contribution in [2.75, 3.05) is 33.4 Å². The van der Waals surface area contributed by atoms with Crippen LogP contribution in [0.25, 0.3) is 0 Å². The van der Waals surface area contributed by atoms with Crippen molar-refractivity contribution < 1.29 is 19.4 Å². The number of rotatable bonds is 5. The lowest BCUT2D eigenvalue weighted by molar-refractivity contribution is -0.156. The minimum Gasteiger partial charge on any atom is -0.468 e. The molecule has 0 saturated carbocycles. The van der Waals surface area contributed by atoms with E-state index < -0.39 is 11.6 Å². The number of carbonyl (C=O) groups excluding carboxylic acids is 1. The van der Waals surface area contributed by atoms with Gasteiger partial charge in [-0.05, 0) is 12.8 Å². The molecule has 17 heavy (non-hydrogen) atoms. The first kappa shape index (κ1) is 14.4. The summed E-state index contributed by atoms with van der Waals surface area (Å²) >= 11 is 0. The molecular weight excluding hydrogens is 222 g/mol. The predicted octanol–water partition coefficient (Wildman–Crippen LogP) is 0.411. The van der Waals surface area contributed by atoms with E-state index in [4.69, 9.17) is 9.47 Å². The number of β-amino-alcohol motifs (C(OH)–C–C–N with tert-alkyl or cyclic N) is 1. The van der Waals surface area contributed by atoms with Crippen molar-refractivity contribution in [3.63, 3.8) is 0 Å². The molecule has 0 aromatic heterocycles. The fourth-order valence-electron chi connectivity index (χ4n) is 2.03. The smallest absolute Gasteiger partial charge is 0.325 e. The zero-order chi connectivity index (χ0) is 12.9. The van der Waals surface area contributed by atoms with Crippen molar-refractivity contribution in [2.45, 2.75) is 38.3 Å². The van der Waals surface area contributed by atoms with Gasteiger partial charge >= 0.3 is 5.97 Å². The van der Waals surface area contributed by atoms with Crippen molar-refractivity contribution in [3.8, 4) is 0 Å². The summed E-state index contributed by atoms with van der Waals surface area (Å²) in [7, 11) is 1.38. The molecule has 0 aliphatic carbocycles. The third-order valence-electron chi connectivity index (χ3n) is 3.53. The number of nitrogens with zero attached hydrogens (tertiary/aromatic N) is 1. The summed E-state index contributed by atoms with van der Waals surface area (Å²) in [6.45, 7) is 5.99. The Bertz CT molecular complexity index is 253. The van der Waals surface area contributed by atoms with E-state index in [9.17, 15) is 9.90 Å². The molecule has 1 unspecified atom stereocenters. The van der Waals surface area contributed by atoms with E-state index >= 15 is 0 Å².